The number of amides is 1. The number of carbonyl (C=O) groups excluding carboxylic acids is 1. The maximum absolute atomic E-state index is 12.2. The quantitative estimate of drug-likeness (QED) is 0.785. The number of benzene rings is 2. The zero-order chi connectivity index (χ0) is 16.8. The van der Waals surface area contributed by atoms with E-state index in [2.05, 4.69) is 5.32 Å². The van der Waals surface area contributed by atoms with Crippen LogP contribution in [0.15, 0.2) is 42.5 Å². The van der Waals surface area contributed by atoms with E-state index in [0.717, 1.165) is 5.56 Å². The smallest absolute Gasteiger partial charge is 0.251 e. The van der Waals surface area contributed by atoms with Crippen LogP contribution >= 0.6 is 12.4 Å². The highest BCUT2D eigenvalue weighted by Gasteiger charge is 2.12. The molecule has 1 atom stereocenters. The minimum absolute atomic E-state index is 0. The van der Waals surface area contributed by atoms with Crippen LogP contribution in [0.3, 0.4) is 0 Å². The summed E-state index contributed by atoms with van der Waals surface area (Å²) >= 11 is 0. The van der Waals surface area contributed by atoms with Crippen molar-refractivity contribution in [2.75, 3.05) is 20.0 Å². The Hall–Kier alpha value is -2.40. The molecule has 0 spiro atoms. The van der Waals surface area contributed by atoms with Gasteiger partial charge >= 0.3 is 0 Å². The highest BCUT2D eigenvalue weighted by molar-refractivity contribution is 5.95. The monoisotopic (exact) mass is 350 g/mol. The Kier molecular flexibility index (Phi) is 7.39. The number of halogens is 1. The SMILES string of the molecule is COc1ccc(CC(C)NC(=O)c2cccc(N)c2)cc1OC.Cl. The van der Waals surface area contributed by atoms with Crippen molar-refractivity contribution in [1.82, 2.24) is 5.32 Å². The van der Waals surface area contributed by atoms with Gasteiger partial charge in [0.1, 0.15) is 0 Å². The minimum Gasteiger partial charge on any atom is -0.493 e. The van der Waals surface area contributed by atoms with Gasteiger partial charge < -0.3 is 20.5 Å². The number of hydrogen-bond acceptors (Lipinski definition) is 4. The molecule has 0 saturated heterocycles. The summed E-state index contributed by atoms with van der Waals surface area (Å²) in [7, 11) is 3.21. The topological polar surface area (TPSA) is 73.6 Å². The third kappa shape index (κ3) is 5.06. The summed E-state index contributed by atoms with van der Waals surface area (Å²) in [6.45, 7) is 1.96. The zero-order valence-corrected chi connectivity index (χ0v) is 14.9. The molecule has 5 nitrogen and oxygen atoms in total. The van der Waals surface area contributed by atoms with E-state index < -0.39 is 0 Å². The van der Waals surface area contributed by atoms with Crippen LogP contribution in [0.5, 0.6) is 11.5 Å². The molecule has 24 heavy (non-hydrogen) atoms. The molecule has 0 radical (unpaired) electrons. The molecule has 130 valence electrons. The lowest BCUT2D eigenvalue weighted by atomic mass is 10.1. The van der Waals surface area contributed by atoms with Crippen LogP contribution < -0.4 is 20.5 Å². The number of nitrogens with two attached hydrogens (primary N) is 1. The van der Waals surface area contributed by atoms with Crippen LogP contribution in [0.25, 0.3) is 0 Å². The molecule has 2 rings (SSSR count). The predicted octanol–water partition coefficient (Wildman–Crippen LogP) is 3.07. The second-order valence-corrected chi connectivity index (χ2v) is 5.39. The third-order valence-electron chi connectivity index (χ3n) is 3.52. The molecule has 6 heteroatoms. The second-order valence-electron chi connectivity index (χ2n) is 5.39. The number of hydrogen-bond donors (Lipinski definition) is 2. The average molecular weight is 351 g/mol. The molecule has 3 N–H and O–H groups in total. The lowest BCUT2D eigenvalue weighted by Crippen LogP contribution is -2.34. The van der Waals surface area contributed by atoms with Crippen molar-refractivity contribution in [2.45, 2.75) is 19.4 Å². The lowest BCUT2D eigenvalue weighted by molar-refractivity contribution is 0.0940. The van der Waals surface area contributed by atoms with Crippen LogP contribution in [0.2, 0.25) is 0 Å². The molecular weight excluding hydrogens is 328 g/mol. The van der Waals surface area contributed by atoms with Crippen LogP contribution in [0, 0.1) is 0 Å². The Labute approximate surface area is 148 Å². The molecule has 0 aliphatic carbocycles. The van der Waals surface area contributed by atoms with Crippen molar-refractivity contribution in [3.63, 3.8) is 0 Å². The molecule has 2 aromatic carbocycles. The first-order valence-electron chi connectivity index (χ1n) is 7.40. The van der Waals surface area contributed by atoms with E-state index in [-0.39, 0.29) is 24.4 Å². The van der Waals surface area contributed by atoms with Gasteiger partial charge in [-0.2, -0.15) is 0 Å². The van der Waals surface area contributed by atoms with Gasteiger partial charge in [-0.3, -0.25) is 4.79 Å². The molecule has 0 bridgehead atoms. The number of methoxy groups -OCH3 is 2. The summed E-state index contributed by atoms with van der Waals surface area (Å²) in [6.07, 6.45) is 0.689. The van der Waals surface area contributed by atoms with E-state index >= 15 is 0 Å². The van der Waals surface area contributed by atoms with E-state index in [0.29, 0.717) is 29.2 Å². The Morgan fingerprint density at radius 1 is 1.12 bits per heavy atom. The van der Waals surface area contributed by atoms with Gasteiger partial charge in [0.2, 0.25) is 0 Å². The van der Waals surface area contributed by atoms with Gasteiger partial charge in [0, 0.05) is 17.3 Å². The standard InChI is InChI=1S/C18H22N2O3.ClH/c1-12(20-18(21)14-5-4-6-15(19)11-14)9-13-7-8-16(22-2)17(10-13)23-3;/h4-8,10-12H,9,19H2,1-3H3,(H,20,21);1H. The Morgan fingerprint density at radius 2 is 1.83 bits per heavy atom. The van der Waals surface area contributed by atoms with Crippen LogP contribution in [-0.4, -0.2) is 26.2 Å². The fraction of sp³-hybridized carbons (Fsp3) is 0.278. The Bertz CT molecular complexity index is 692. The third-order valence-corrected chi connectivity index (χ3v) is 3.52. The summed E-state index contributed by atoms with van der Waals surface area (Å²) < 4.78 is 10.5. The normalized spacial score (nSPS) is 11.1. The first kappa shape index (κ1) is 19.6. The van der Waals surface area contributed by atoms with Crippen molar-refractivity contribution in [1.29, 1.82) is 0 Å². The van der Waals surface area contributed by atoms with Crippen molar-refractivity contribution in [3.05, 3.63) is 53.6 Å². The summed E-state index contributed by atoms with van der Waals surface area (Å²) in [5.74, 6) is 1.23. The molecule has 0 heterocycles. The molecule has 0 fully saturated rings. The number of nitrogen functional groups attached to an aromatic ring is 1. The summed E-state index contributed by atoms with van der Waals surface area (Å²) in [5.41, 5.74) is 7.90. The Balaban J connectivity index is 0.00000288. The van der Waals surface area contributed by atoms with E-state index in [4.69, 9.17) is 15.2 Å². The number of rotatable bonds is 6. The van der Waals surface area contributed by atoms with Crippen molar-refractivity contribution in [3.8, 4) is 11.5 Å². The van der Waals surface area contributed by atoms with Crippen molar-refractivity contribution < 1.29 is 14.3 Å². The van der Waals surface area contributed by atoms with Crippen LogP contribution in [0.1, 0.15) is 22.8 Å². The summed E-state index contributed by atoms with van der Waals surface area (Å²) in [5, 5.41) is 2.97. The molecule has 0 aliphatic rings. The Morgan fingerprint density at radius 3 is 2.46 bits per heavy atom. The van der Waals surface area contributed by atoms with E-state index in [1.165, 1.54) is 0 Å². The number of ether oxygens (including phenoxy) is 2. The van der Waals surface area contributed by atoms with Gasteiger partial charge in [-0.05, 0) is 49.2 Å². The molecule has 0 aliphatic heterocycles. The van der Waals surface area contributed by atoms with Gasteiger partial charge in [0.05, 0.1) is 14.2 Å². The van der Waals surface area contributed by atoms with E-state index in [1.807, 2.05) is 25.1 Å². The lowest BCUT2D eigenvalue weighted by Gasteiger charge is -2.15. The highest BCUT2D eigenvalue weighted by atomic mass is 35.5. The molecule has 1 unspecified atom stereocenters. The average Bonchev–Trinajstić information content (AvgIpc) is 2.54. The van der Waals surface area contributed by atoms with Gasteiger partial charge in [-0.25, -0.2) is 0 Å². The largest absolute Gasteiger partial charge is 0.493 e. The van der Waals surface area contributed by atoms with Gasteiger partial charge in [-0.15, -0.1) is 12.4 Å². The fourth-order valence-corrected chi connectivity index (χ4v) is 2.40. The van der Waals surface area contributed by atoms with Crippen molar-refractivity contribution in [2.24, 2.45) is 0 Å². The molecule has 1 amide bonds. The minimum atomic E-state index is -0.134. The van der Waals surface area contributed by atoms with Crippen LogP contribution in [-0.2, 0) is 6.42 Å². The summed E-state index contributed by atoms with van der Waals surface area (Å²) in [4.78, 5) is 12.2. The number of carbonyl (C=O) groups is 1. The molecule has 0 aromatic heterocycles. The van der Waals surface area contributed by atoms with Crippen molar-refractivity contribution >= 4 is 24.0 Å². The molecule has 2 aromatic rings. The fourth-order valence-electron chi connectivity index (χ4n) is 2.40. The number of nitrogens with one attached hydrogen (secondary N) is 1. The first-order valence-corrected chi connectivity index (χ1v) is 7.40. The maximum Gasteiger partial charge on any atom is 0.251 e. The maximum atomic E-state index is 12.2. The van der Waals surface area contributed by atoms with Crippen LogP contribution in [0.4, 0.5) is 5.69 Å². The molecule has 0 saturated carbocycles. The van der Waals surface area contributed by atoms with E-state index in [9.17, 15) is 4.79 Å². The summed E-state index contributed by atoms with van der Waals surface area (Å²) in [6, 6.07) is 12.6. The second kappa shape index (κ2) is 9.03. The van der Waals surface area contributed by atoms with Gasteiger partial charge in [0.25, 0.3) is 5.91 Å². The predicted molar refractivity (Wildman–Crippen MR) is 98.3 cm³/mol. The van der Waals surface area contributed by atoms with Gasteiger partial charge in [0.15, 0.2) is 11.5 Å². The number of anilines is 1. The van der Waals surface area contributed by atoms with Gasteiger partial charge in [-0.1, -0.05) is 12.1 Å². The highest BCUT2D eigenvalue weighted by Crippen LogP contribution is 2.27. The first-order chi connectivity index (χ1) is 11.0. The molecular formula is C18H23ClN2O3. The zero-order valence-electron chi connectivity index (χ0n) is 14.0. The van der Waals surface area contributed by atoms with E-state index in [1.54, 1.807) is 38.5 Å².